The first-order valence-corrected chi connectivity index (χ1v) is 9.89. The van der Waals surface area contributed by atoms with Crippen molar-refractivity contribution in [2.45, 2.75) is 11.3 Å². The fourth-order valence-corrected chi connectivity index (χ4v) is 4.04. The van der Waals surface area contributed by atoms with Crippen molar-refractivity contribution in [3.63, 3.8) is 0 Å². The van der Waals surface area contributed by atoms with Gasteiger partial charge in [-0.1, -0.05) is 22.0 Å². The minimum absolute atomic E-state index is 0.00567. The fourth-order valence-electron chi connectivity index (χ4n) is 2.73. The molecule has 3 rings (SSSR count). The summed E-state index contributed by atoms with van der Waals surface area (Å²) >= 11 is 3.28. The lowest BCUT2D eigenvalue weighted by molar-refractivity contribution is -0.122. The largest absolute Gasteiger partial charge is 0.375 e. The maximum atomic E-state index is 12.5. The number of nitrogens with one attached hydrogen (secondary N) is 1. The lowest BCUT2D eigenvalue weighted by Gasteiger charge is -2.18. The summed E-state index contributed by atoms with van der Waals surface area (Å²) in [6, 6.07) is 11.6. The number of halogens is 1. The Morgan fingerprint density at radius 3 is 2.64 bits per heavy atom. The average Bonchev–Trinajstić information content (AvgIpc) is 2.98. The van der Waals surface area contributed by atoms with Crippen LogP contribution in [0.15, 0.2) is 51.8 Å². The zero-order chi connectivity index (χ0) is 18.0. The molecule has 132 valence electrons. The van der Waals surface area contributed by atoms with Crippen LogP contribution in [0.2, 0.25) is 0 Å². The van der Waals surface area contributed by atoms with Gasteiger partial charge in [0.2, 0.25) is 0 Å². The number of nitrogens with zero attached hydrogens (tertiary/aromatic N) is 1. The molecule has 0 fully saturated rings. The molecule has 2 aromatic rings. The molecule has 0 spiro atoms. The van der Waals surface area contributed by atoms with E-state index in [4.69, 9.17) is 4.74 Å². The van der Waals surface area contributed by atoms with E-state index in [0.29, 0.717) is 12.2 Å². The Labute approximate surface area is 155 Å². The van der Waals surface area contributed by atoms with Crippen LogP contribution in [0.5, 0.6) is 0 Å². The van der Waals surface area contributed by atoms with Crippen molar-refractivity contribution in [3.8, 4) is 0 Å². The normalized spacial score (nSPS) is 13.6. The van der Waals surface area contributed by atoms with Crippen molar-refractivity contribution in [1.29, 1.82) is 0 Å². The van der Waals surface area contributed by atoms with Crippen LogP contribution in [0.4, 0.5) is 11.4 Å². The van der Waals surface area contributed by atoms with Crippen molar-refractivity contribution < 1.29 is 17.9 Å². The van der Waals surface area contributed by atoms with Crippen molar-refractivity contribution in [2.75, 3.05) is 29.9 Å². The fraction of sp³-hybridized carbons (Fsp3) is 0.235. The number of methoxy groups -OCH3 is 1. The first-order chi connectivity index (χ1) is 11.9. The summed E-state index contributed by atoms with van der Waals surface area (Å²) in [4.78, 5) is 13.9. The minimum atomic E-state index is -3.69. The third-order valence-corrected chi connectivity index (χ3v) is 5.85. The maximum Gasteiger partial charge on any atom is 0.261 e. The van der Waals surface area contributed by atoms with Gasteiger partial charge in [-0.2, -0.15) is 0 Å². The molecule has 1 aliphatic rings. The molecule has 1 N–H and O–H groups in total. The molecule has 0 radical (unpaired) electrons. The van der Waals surface area contributed by atoms with E-state index in [9.17, 15) is 13.2 Å². The highest BCUT2D eigenvalue weighted by atomic mass is 79.9. The summed E-state index contributed by atoms with van der Waals surface area (Å²) in [5.41, 5.74) is 2.15. The Balaban J connectivity index is 1.86. The number of ether oxygens (including phenoxy) is 1. The van der Waals surface area contributed by atoms with E-state index in [1.807, 2.05) is 6.07 Å². The number of rotatable bonds is 5. The number of fused-ring (bicyclic) bond motifs is 1. The van der Waals surface area contributed by atoms with E-state index >= 15 is 0 Å². The summed E-state index contributed by atoms with van der Waals surface area (Å²) in [6.45, 7) is 0.564. The van der Waals surface area contributed by atoms with E-state index in [1.165, 1.54) is 19.2 Å². The van der Waals surface area contributed by atoms with Crippen LogP contribution in [0.1, 0.15) is 5.56 Å². The van der Waals surface area contributed by atoms with Gasteiger partial charge in [-0.25, -0.2) is 8.42 Å². The predicted molar refractivity (Wildman–Crippen MR) is 99.3 cm³/mol. The molecule has 0 atom stereocenters. The SMILES string of the molecule is COCC(=O)N1CCc2ccc(NS(=O)(=O)c3ccc(Br)cc3)cc21. The molecule has 0 bridgehead atoms. The summed E-state index contributed by atoms with van der Waals surface area (Å²) < 4.78 is 33.3. The van der Waals surface area contributed by atoms with Crippen LogP contribution in [-0.2, 0) is 26.0 Å². The molecule has 2 aromatic carbocycles. The van der Waals surface area contributed by atoms with Crippen molar-refractivity contribution >= 4 is 43.2 Å². The maximum absolute atomic E-state index is 12.5. The molecule has 0 saturated heterocycles. The van der Waals surface area contributed by atoms with Gasteiger partial charge in [0.05, 0.1) is 10.6 Å². The summed E-state index contributed by atoms with van der Waals surface area (Å²) in [7, 11) is -2.22. The van der Waals surface area contributed by atoms with E-state index in [0.717, 1.165) is 22.1 Å². The van der Waals surface area contributed by atoms with Gasteiger partial charge in [0.1, 0.15) is 6.61 Å². The quantitative estimate of drug-likeness (QED) is 0.800. The third kappa shape index (κ3) is 3.86. The van der Waals surface area contributed by atoms with Gasteiger partial charge in [-0.3, -0.25) is 9.52 Å². The molecule has 1 amide bonds. The summed E-state index contributed by atoms with van der Waals surface area (Å²) in [6.07, 6.45) is 0.741. The Hall–Kier alpha value is -1.90. The second-order valence-corrected chi connectivity index (χ2v) is 8.23. The molecule has 1 heterocycles. The highest BCUT2D eigenvalue weighted by Crippen LogP contribution is 2.31. The monoisotopic (exact) mass is 424 g/mol. The first-order valence-electron chi connectivity index (χ1n) is 7.61. The second kappa shape index (κ2) is 7.15. The molecule has 0 unspecified atom stereocenters. The molecule has 0 saturated carbocycles. The van der Waals surface area contributed by atoms with Gasteiger partial charge in [0.25, 0.3) is 15.9 Å². The molecule has 6 nitrogen and oxygen atoms in total. The Morgan fingerprint density at radius 2 is 1.96 bits per heavy atom. The smallest absolute Gasteiger partial charge is 0.261 e. The summed E-state index contributed by atoms with van der Waals surface area (Å²) in [5.74, 6) is -0.144. The van der Waals surface area contributed by atoms with Crippen LogP contribution in [0, 0.1) is 0 Å². The van der Waals surface area contributed by atoms with Gasteiger partial charge in [-0.05, 0) is 48.4 Å². The van der Waals surface area contributed by atoms with Crippen LogP contribution in [0.3, 0.4) is 0 Å². The number of benzene rings is 2. The van der Waals surface area contributed by atoms with Gasteiger partial charge in [0, 0.05) is 23.8 Å². The third-order valence-electron chi connectivity index (χ3n) is 3.93. The van der Waals surface area contributed by atoms with Gasteiger partial charge in [-0.15, -0.1) is 0 Å². The molecule has 1 aliphatic heterocycles. The van der Waals surface area contributed by atoms with Crippen LogP contribution >= 0.6 is 15.9 Å². The summed E-state index contributed by atoms with van der Waals surface area (Å²) in [5, 5.41) is 0. The van der Waals surface area contributed by atoms with Crippen LogP contribution in [0.25, 0.3) is 0 Å². The van der Waals surface area contributed by atoms with E-state index in [-0.39, 0.29) is 17.4 Å². The highest BCUT2D eigenvalue weighted by molar-refractivity contribution is 9.10. The molecule has 8 heteroatoms. The number of amides is 1. The molecule has 0 aliphatic carbocycles. The molecule has 25 heavy (non-hydrogen) atoms. The van der Waals surface area contributed by atoms with Gasteiger partial charge in [0.15, 0.2) is 0 Å². The minimum Gasteiger partial charge on any atom is -0.375 e. The topological polar surface area (TPSA) is 75.7 Å². The number of sulfonamides is 1. The lowest BCUT2D eigenvalue weighted by Crippen LogP contribution is -2.32. The average molecular weight is 425 g/mol. The Morgan fingerprint density at radius 1 is 1.24 bits per heavy atom. The van der Waals surface area contributed by atoms with Crippen LogP contribution in [-0.4, -0.2) is 34.6 Å². The Bertz CT molecular complexity index is 897. The number of carbonyl (C=O) groups is 1. The van der Waals surface area contributed by atoms with E-state index in [1.54, 1.807) is 29.2 Å². The standard InChI is InChI=1S/C17H17BrN2O4S/c1-24-11-17(21)20-9-8-12-2-5-14(10-16(12)20)19-25(22,23)15-6-3-13(18)4-7-15/h2-7,10,19H,8-9,11H2,1H3. The zero-order valence-electron chi connectivity index (χ0n) is 13.5. The van der Waals surface area contributed by atoms with Crippen LogP contribution < -0.4 is 9.62 Å². The predicted octanol–water partition coefficient (Wildman–Crippen LogP) is 2.79. The molecular weight excluding hydrogens is 408 g/mol. The zero-order valence-corrected chi connectivity index (χ0v) is 15.9. The highest BCUT2D eigenvalue weighted by Gasteiger charge is 2.25. The molecular formula is C17H17BrN2O4S. The first kappa shape index (κ1) is 17.9. The number of anilines is 2. The number of hydrogen-bond acceptors (Lipinski definition) is 4. The second-order valence-electron chi connectivity index (χ2n) is 5.63. The van der Waals surface area contributed by atoms with Crippen molar-refractivity contribution in [2.24, 2.45) is 0 Å². The molecule has 0 aromatic heterocycles. The Kier molecular flexibility index (Phi) is 5.12. The van der Waals surface area contributed by atoms with E-state index < -0.39 is 10.0 Å². The number of carbonyl (C=O) groups excluding carboxylic acids is 1. The lowest BCUT2D eigenvalue weighted by atomic mass is 10.1. The van der Waals surface area contributed by atoms with Gasteiger partial charge >= 0.3 is 0 Å². The van der Waals surface area contributed by atoms with Crippen molar-refractivity contribution in [1.82, 2.24) is 0 Å². The van der Waals surface area contributed by atoms with Crippen molar-refractivity contribution in [3.05, 3.63) is 52.5 Å². The van der Waals surface area contributed by atoms with E-state index in [2.05, 4.69) is 20.7 Å². The van der Waals surface area contributed by atoms with Gasteiger partial charge < -0.3 is 9.64 Å². The number of hydrogen-bond donors (Lipinski definition) is 1.